The van der Waals surface area contributed by atoms with E-state index >= 15 is 0 Å². The second kappa shape index (κ2) is 8.81. The van der Waals surface area contributed by atoms with Crippen molar-refractivity contribution in [2.45, 2.75) is 54.5 Å². The maximum Gasteiger partial charge on any atom is 0.144 e. The predicted octanol–water partition coefficient (Wildman–Crippen LogP) is 5.17. The Bertz CT molecular complexity index is 1430. The van der Waals surface area contributed by atoms with Gasteiger partial charge in [-0.1, -0.05) is 5.16 Å². The first-order chi connectivity index (χ1) is 16.1. The maximum atomic E-state index is 6.23. The molecule has 0 amide bonds. The van der Waals surface area contributed by atoms with Crippen LogP contribution in [-0.4, -0.2) is 39.0 Å². The number of rotatable bonds is 6. The number of allylic oxidation sites excluding steroid dienone is 2. The summed E-state index contributed by atoms with van der Waals surface area (Å²) in [5, 5.41) is 9.31. The number of nitrogens with zero attached hydrogens (tertiary/aromatic N) is 4. The summed E-state index contributed by atoms with van der Waals surface area (Å²) in [6.07, 6.45) is 0. The molecule has 1 aromatic carbocycles. The molecule has 9 heteroatoms. The van der Waals surface area contributed by atoms with Gasteiger partial charge >= 0.3 is 0 Å². The zero-order valence-electron chi connectivity index (χ0n) is 20.9. The second-order valence-corrected chi connectivity index (χ2v) is 8.76. The van der Waals surface area contributed by atoms with Crippen LogP contribution in [0.2, 0.25) is 0 Å². The number of ether oxygens (including phenoxy) is 1. The summed E-state index contributed by atoms with van der Waals surface area (Å²) in [6.45, 7) is 13.5. The standard InChI is InChI=1S/C25H31N7O2/c1-11(2)27-14(5)23(12(3)26)31-25-22-17-10-20(33-8)18(21-13(4)32-34-15(21)6)9-19(17)30-24(22)28-16(7)29-25/h9-11H,26H2,1-8H3,(H2,28,29,30,31). The van der Waals surface area contributed by atoms with Crippen molar-refractivity contribution in [2.24, 2.45) is 10.7 Å². The van der Waals surface area contributed by atoms with Gasteiger partial charge in [0.1, 0.15) is 28.8 Å². The van der Waals surface area contributed by atoms with Crippen LogP contribution in [0.4, 0.5) is 5.82 Å². The van der Waals surface area contributed by atoms with Crippen molar-refractivity contribution in [3.63, 3.8) is 0 Å². The normalized spacial score (nSPS) is 13.1. The molecule has 34 heavy (non-hydrogen) atoms. The van der Waals surface area contributed by atoms with Gasteiger partial charge in [-0.2, -0.15) is 0 Å². The van der Waals surface area contributed by atoms with Crippen molar-refractivity contribution in [1.82, 2.24) is 20.1 Å². The number of aliphatic imine (C=N–C) groups is 1. The molecule has 4 N–H and O–H groups in total. The number of H-pyrrole nitrogens is 1. The van der Waals surface area contributed by atoms with Gasteiger partial charge in [0.2, 0.25) is 0 Å². The Balaban J connectivity index is 1.96. The fraction of sp³-hybridized carbons (Fsp3) is 0.360. The van der Waals surface area contributed by atoms with Crippen molar-refractivity contribution < 1.29 is 9.26 Å². The Hall–Kier alpha value is -3.88. The van der Waals surface area contributed by atoms with Crippen LogP contribution in [0.25, 0.3) is 33.1 Å². The highest BCUT2D eigenvalue weighted by atomic mass is 16.5. The summed E-state index contributed by atoms with van der Waals surface area (Å²) in [4.78, 5) is 17.5. The van der Waals surface area contributed by atoms with Crippen LogP contribution in [0.1, 0.15) is 45.0 Å². The number of benzene rings is 1. The lowest BCUT2D eigenvalue weighted by molar-refractivity contribution is 0.393. The number of aryl methyl sites for hydroxylation is 3. The van der Waals surface area contributed by atoms with Gasteiger partial charge in [0.15, 0.2) is 0 Å². The summed E-state index contributed by atoms with van der Waals surface area (Å²) < 4.78 is 11.2. The van der Waals surface area contributed by atoms with Crippen molar-refractivity contribution >= 4 is 33.5 Å². The number of aromatic amines is 1. The summed E-state index contributed by atoms with van der Waals surface area (Å²) in [7, 11) is 1.65. The Kier molecular flexibility index (Phi) is 6.03. The van der Waals surface area contributed by atoms with E-state index in [0.29, 0.717) is 23.1 Å². The van der Waals surface area contributed by atoms with Crippen LogP contribution < -0.4 is 15.8 Å². The average Bonchev–Trinajstić information content (AvgIpc) is 3.28. The SMILES string of the molecule is COc1cc2c(cc1-c1c(C)noc1C)[nH]c1nc(C)nc(NC(C(C)=NC(C)C)=C(C)N)c12. The van der Waals surface area contributed by atoms with E-state index in [4.69, 9.17) is 20.0 Å². The topological polar surface area (TPSA) is 127 Å². The molecule has 0 aliphatic rings. The Morgan fingerprint density at radius 3 is 2.50 bits per heavy atom. The monoisotopic (exact) mass is 461 g/mol. The van der Waals surface area contributed by atoms with E-state index in [1.54, 1.807) is 7.11 Å². The lowest BCUT2D eigenvalue weighted by Gasteiger charge is -2.15. The number of anilines is 1. The molecule has 0 radical (unpaired) electrons. The van der Waals surface area contributed by atoms with Gasteiger partial charge in [0, 0.05) is 28.2 Å². The highest BCUT2D eigenvalue weighted by Gasteiger charge is 2.21. The van der Waals surface area contributed by atoms with Crippen molar-refractivity contribution in [1.29, 1.82) is 0 Å². The average molecular weight is 462 g/mol. The maximum absolute atomic E-state index is 6.23. The molecule has 0 saturated heterocycles. The van der Waals surface area contributed by atoms with E-state index in [1.165, 1.54) is 0 Å². The fourth-order valence-corrected chi connectivity index (χ4v) is 4.30. The minimum Gasteiger partial charge on any atom is -0.496 e. The molecule has 0 atom stereocenters. The Labute approximate surface area is 198 Å². The lowest BCUT2D eigenvalue weighted by atomic mass is 10.0. The molecule has 0 unspecified atom stereocenters. The summed E-state index contributed by atoms with van der Waals surface area (Å²) in [6, 6.07) is 4.17. The smallest absolute Gasteiger partial charge is 0.144 e. The Morgan fingerprint density at radius 1 is 1.18 bits per heavy atom. The van der Waals surface area contributed by atoms with Gasteiger partial charge in [-0.05, 0) is 60.6 Å². The largest absolute Gasteiger partial charge is 0.496 e. The highest BCUT2D eigenvalue weighted by molar-refractivity contribution is 6.14. The highest BCUT2D eigenvalue weighted by Crippen LogP contribution is 2.40. The summed E-state index contributed by atoms with van der Waals surface area (Å²) >= 11 is 0. The lowest BCUT2D eigenvalue weighted by Crippen LogP contribution is -2.17. The third kappa shape index (κ3) is 4.09. The third-order valence-electron chi connectivity index (χ3n) is 5.64. The molecule has 0 fully saturated rings. The molecular weight excluding hydrogens is 430 g/mol. The predicted molar refractivity (Wildman–Crippen MR) is 136 cm³/mol. The fourth-order valence-electron chi connectivity index (χ4n) is 4.30. The number of nitrogens with one attached hydrogen (secondary N) is 2. The van der Waals surface area contributed by atoms with E-state index in [1.807, 2.05) is 60.6 Å². The van der Waals surface area contributed by atoms with Crippen LogP contribution in [0, 0.1) is 20.8 Å². The molecule has 178 valence electrons. The molecule has 0 aliphatic heterocycles. The van der Waals surface area contributed by atoms with E-state index in [2.05, 4.69) is 25.4 Å². The summed E-state index contributed by atoms with van der Waals surface area (Å²) in [5.74, 6) is 2.72. The first kappa shape index (κ1) is 23.3. The number of aromatic nitrogens is 4. The number of hydrogen-bond donors (Lipinski definition) is 3. The van der Waals surface area contributed by atoms with Gasteiger partial charge in [0.25, 0.3) is 0 Å². The molecule has 4 aromatic rings. The number of fused-ring (bicyclic) bond motifs is 3. The van der Waals surface area contributed by atoms with Crippen LogP contribution in [0.15, 0.2) is 33.0 Å². The zero-order valence-corrected chi connectivity index (χ0v) is 20.9. The van der Waals surface area contributed by atoms with Crippen LogP contribution in [0.5, 0.6) is 5.75 Å². The van der Waals surface area contributed by atoms with Crippen molar-refractivity contribution in [3.05, 3.63) is 40.8 Å². The van der Waals surface area contributed by atoms with E-state index in [-0.39, 0.29) is 6.04 Å². The van der Waals surface area contributed by atoms with E-state index in [0.717, 1.165) is 55.9 Å². The van der Waals surface area contributed by atoms with Crippen LogP contribution in [0.3, 0.4) is 0 Å². The van der Waals surface area contributed by atoms with Crippen molar-refractivity contribution in [2.75, 3.05) is 12.4 Å². The van der Waals surface area contributed by atoms with E-state index in [9.17, 15) is 0 Å². The first-order valence-electron chi connectivity index (χ1n) is 11.2. The molecule has 3 heterocycles. The van der Waals surface area contributed by atoms with Crippen LogP contribution >= 0.6 is 0 Å². The van der Waals surface area contributed by atoms with Crippen LogP contribution in [-0.2, 0) is 0 Å². The van der Waals surface area contributed by atoms with Gasteiger partial charge in [-0.3, -0.25) is 4.99 Å². The molecule has 0 bridgehead atoms. The molecule has 4 rings (SSSR count). The first-order valence-corrected chi connectivity index (χ1v) is 11.2. The molecule has 9 nitrogen and oxygen atoms in total. The Morgan fingerprint density at radius 2 is 1.91 bits per heavy atom. The second-order valence-electron chi connectivity index (χ2n) is 8.76. The minimum absolute atomic E-state index is 0.142. The molecule has 0 saturated carbocycles. The molecule has 3 aromatic heterocycles. The third-order valence-corrected chi connectivity index (χ3v) is 5.64. The number of hydrogen-bond acceptors (Lipinski definition) is 8. The minimum atomic E-state index is 0.142. The van der Waals surface area contributed by atoms with Gasteiger partial charge < -0.3 is 25.3 Å². The number of methoxy groups -OCH3 is 1. The number of nitrogens with two attached hydrogens (primary N) is 1. The van der Waals surface area contributed by atoms with Gasteiger partial charge in [0.05, 0.1) is 35.2 Å². The summed E-state index contributed by atoms with van der Waals surface area (Å²) in [5.41, 5.74) is 12.7. The van der Waals surface area contributed by atoms with Gasteiger partial charge in [-0.15, -0.1) is 0 Å². The molecule has 0 aliphatic carbocycles. The quantitative estimate of drug-likeness (QED) is 0.338. The van der Waals surface area contributed by atoms with Crippen molar-refractivity contribution in [3.8, 4) is 16.9 Å². The molecular formula is C25H31N7O2. The van der Waals surface area contributed by atoms with Gasteiger partial charge in [-0.25, -0.2) is 9.97 Å². The molecule has 0 spiro atoms. The zero-order chi connectivity index (χ0) is 24.7. The van der Waals surface area contributed by atoms with E-state index < -0.39 is 0 Å².